The van der Waals surface area contributed by atoms with Gasteiger partial charge in [-0.2, -0.15) is 0 Å². The van der Waals surface area contributed by atoms with E-state index in [4.69, 9.17) is 27.9 Å². The van der Waals surface area contributed by atoms with Crippen molar-refractivity contribution >= 4 is 29.3 Å². The molecule has 2 aliphatic heterocycles. The number of likely N-dealkylation sites (tertiary alicyclic amines) is 1. The van der Waals surface area contributed by atoms with Crippen molar-refractivity contribution < 1.29 is 9.53 Å². The maximum absolute atomic E-state index is 12.2. The van der Waals surface area contributed by atoms with Crippen molar-refractivity contribution in [1.29, 1.82) is 0 Å². The van der Waals surface area contributed by atoms with E-state index >= 15 is 0 Å². The minimum Gasteiger partial charge on any atom is -0.443 e. The lowest BCUT2D eigenvalue weighted by atomic mass is 9.90. The van der Waals surface area contributed by atoms with Gasteiger partial charge in [-0.15, -0.1) is 0 Å². The van der Waals surface area contributed by atoms with Gasteiger partial charge in [0.05, 0.1) is 6.54 Å². The number of rotatable bonds is 6. The SMILES string of the molecule is O=C1OC(CN2CCC(Cc3cc(Cl)ccc3Cl)CC2)CN1Cc1ccccc1. The first-order chi connectivity index (χ1) is 14.1. The fourth-order valence-corrected chi connectivity index (χ4v) is 4.66. The van der Waals surface area contributed by atoms with E-state index in [-0.39, 0.29) is 12.2 Å². The van der Waals surface area contributed by atoms with Crippen LogP contribution in [0.2, 0.25) is 10.0 Å². The van der Waals surface area contributed by atoms with E-state index in [9.17, 15) is 4.79 Å². The van der Waals surface area contributed by atoms with Crippen molar-refractivity contribution in [2.24, 2.45) is 5.92 Å². The van der Waals surface area contributed by atoms with E-state index in [1.54, 1.807) is 4.90 Å². The largest absolute Gasteiger partial charge is 0.443 e. The molecule has 0 saturated carbocycles. The van der Waals surface area contributed by atoms with E-state index in [1.807, 2.05) is 48.5 Å². The molecule has 2 aromatic rings. The highest BCUT2D eigenvalue weighted by Crippen LogP contribution is 2.28. The third-order valence-corrected chi connectivity index (χ3v) is 6.46. The Labute approximate surface area is 182 Å². The Morgan fingerprint density at radius 1 is 1.03 bits per heavy atom. The number of carbonyl (C=O) groups is 1. The molecule has 4 nitrogen and oxygen atoms in total. The van der Waals surface area contributed by atoms with Crippen molar-refractivity contribution in [2.45, 2.75) is 31.9 Å². The summed E-state index contributed by atoms with van der Waals surface area (Å²) in [6.45, 7) is 4.12. The first-order valence-corrected chi connectivity index (χ1v) is 11.0. The summed E-state index contributed by atoms with van der Waals surface area (Å²) in [6, 6.07) is 15.7. The second kappa shape index (κ2) is 9.38. The summed E-state index contributed by atoms with van der Waals surface area (Å²) >= 11 is 12.4. The summed E-state index contributed by atoms with van der Waals surface area (Å²) in [5.41, 5.74) is 2.27. The zero-order valence-electron chi connectivity index (χ0n) is 16.4. The first kappa shape index (κ1) is 20.5. The fourth-order valence-electron chi connectivity index (χ4n) is 4.27. The molecular formula is C23H26Cl2N2O2. The summed E-state index contributed by atoms with van der Waals surface area (Å²) in [5, 5.41) is 1.54. The van der Waals surface area contributed by atoms with E-state index in [0.717, 1.165) is 60.1 Å². The van der Waals surface area contributed by atoms with E-state index < -0.39 is 0 Å². The van der Waals surface area contributed by atoms with Gasteiger partial charge >= 0.3 is 6.09 Å². The van der Waals surface area contributed by atoms with Gasteiger partial charge in [-0.3, -0.25) is 4.90 Å². The van der Waals surface area contributed by atoms with Crippen LogP contribution >= 0.6 is 23.2 Å². The number of hydrogen-bond donors (Lipinski definition) is 0. The molecule has 0 N–H and O–H groups in total. The topological polar surface area (TPSA) is 32.8 Å². The molecule has 2 aromatic carbocycles. The average molecular weight is 433 g/mol. The van der Waals surface area contributed by atoms with E-state index in [1.165, 1.54) is 0 Å². The third-order valence-electron chi connectivity index (χ3n) is 5.85. The molecule has 2 aliphatic rings. The zero-order valence-corrected chi connectivity index (χ0v) is 17.9. The number of halogens is 2. The average Bonchev–Trinajstić information content (AvgIpc) is 3.06. The van der Waals surface area contributed by atoms with Crippen LogP contribution in [0.1, 0.15) is 24.0 Å². The van der Waals surface area contributed by atoms with Gasteiger partial charge in [-0.1, -0.05) is 53.5 Å². The Kier molecular flexibility index (Phi) is 6.63. The molecule has 0 spiro atoms. The number of amides is 1. The molecule has 1 atom stereocenters. The molecule has 0 bridgehead atoms. The van der Waals surface area contributed by atoms with Gasteiger partial charge < -0.3 is 9.64 Å². The Bertz CT molecular complexity index is 838. The van der Waals surface area contributed by atoms with Crippen molar-refractivity contribution in [2.75, 3.05) is 26.2 Å². The molecule has 2 fully saturated rings. The van der Waals surface area contributed by atoms with Gasteiger partial charge in [0.25, 0.3) is 0 Å². The fraction of sp³-hybridized carbons (Fsp3) is 0.435. The van der Waals surface area contributed by atoms with E-state index in [0.29, 0.717) is 19.0 Å². The van der Waals surface area contributed by atoms with Crippen LogP contribution in [0.4, 0.5) is 4.79 Å². The van der Waals surface area contributed by atoms with Crippen molar-refractivity contribution in [3.8, 4) is 0 Å². The summed E-state index contributed by atoms with van der Waals surface area (Å²) in [7, 11) is 0. The maximum Gasteiger partial charge on any atom is 0.410 e. The highest BCUT2D eigenvalue weighted by Gasteiger charge is 2.33. The smallest absolute Gasteiger partial charge is 0.410 e. The summed E-state index contributed by atoms with van der Waals surface area (Å²) < 4.78 is 5.61. The van der Waals surface area contributed by atoms with Gasteiger partial charge in [0.1, 0.15) is 6.10 Å². The van der Waals surface area contributed by atoms with Crippen LogP contribution in [0.5, 0.6) is 0 Å². The predicted molar refractivity (Wildman–Crippen MR) is 116 cm³/mol. The second-order valence-corrected chi connectivity index (χ2v) is 8.90. The molecule has 0 radical (unpaired) electrons. The molecule has 0 aliphatic carbocycles. The predicted octanol–water partition coefficient (Wildman–Crippen LogP) is 5.27. The lowest BCUT2D eigenvalue weighted by Gasteiger charge is -2.33. The first-order valence-electron chi connectivity index (χ1n) is 10.2. The summed E-state index contributed by atoms with van der Waals surface area (Å²) in [5.74, 6) is 0.614. The lowest BCUT2D eigenvalue weighted by Crippen LogP contribution is -2.40. The van der Waals surface area contributed by atoms with Crippen LogP contribution in [0.3, 0.4) is 0 Å². The minimum absolute atomic E-state index is 0.0508. The molecule has 2 saturated heterocycles. The Balaban J connectivity index is 1.24. The number of benzene rings is 2. The van der Waals surface area contributed by atoms with Crippen LogP contribution < -0.4 is 0 Å². The molecule has 1 amide bonds. The van der Waals surface area contributed by atoms with Gasteiger partial charge in [0.15, 0.2) is 0 Å². The molecule has 4 rings (SSSR count). The molecule has 154 valence electrons. The summed E-state index contributed by atoms with van der Waals surface area (Å²) in [4.78, 5) is 16.4. The number of carbonyl (C=O) groups excluding carboxylic acids is 1. The maximum atomic E-state index is 12.2. The molecule has 6 heteroatoms. The molecule has 1 unspecified atom stereocenters. The number of hydrogen-bond acceptors (Lipinski definition) is 3. The van der Waals surface area contributed by atoms with Crippen LogP contribution in [-0.2, 0) is 17.7 Å². The van der Waals surface area contributed by atoms with Gasteiger partial charge in [0.2, 0.25) is 0 Å². The van der Waals surface area contributed by atoms with Gasteiger partial charge in [-0.05, 0) is 67.6 Å². The quantitative estimate of drug-likeness (QED) is 0.623. The molecule has 0 aromatic heterocycles. The number of cyclic esters (lactones) is 1. The standard InChI is InChI=1S/C23H26Cl2N2O2/c24-20-6-7-22(25)19(13-20)12-17-8-10-26(11-9-17)15-21-16-27(23(28)29-21)14-18-4-2-1-3-5-18/h1-7,13,17,21H,8-12,14-16H2. The summed E-state index contributed by atoms with van der Waals surface area (Å²) in [6.07, 6.45) is 2.96. The number of nitrogens with zero attached hydrogens (tertiary/aromatic N) is 2. The number of ether oxygens (including phenoxy) is 1. The Hall–Kier alpha value is -1.75. The van der Waals surface area contributed by atoms with Crippen LogP contribution in [0.15, 0.2) is 48.5 Å². The minimum atomic E-state index is -0.204. The Morgan fingerprint density at radius 3 is 2.55 bits per heavy atom. The van der Waals surface area contributed by atoms with Crippen molar-refractivity contribution in [3.63, 3.8) is 0 Å². The van der Waals surface area contributed by atoms with Gasteiger partial charge in [-0.25, -0.2) is 4.79 Å². The Morgan fingerprint density at radius 2 is 1.79 bits per heavy atom. The van der Waals surface area contributed by atoms with Crippen molar-refractivity contribution in [1.82, 2.24) is 9.80 Å². The van der Waals surface area contributed by atoms with Gasteiger partial charge in [0, 0.05) is 23.1 Å². The molecular weight excluding hydrogens is 407 g/mol. The normalized spacial score (nSPS) is 20.8. The van der Waals surface area contributed by atoms with Crippen LogP contribution in [0.25, 0.3) is 0 Å². The number of piperidine rings is 1. The second-order valence-electron chi connectivity index (χ2n) is 8.06. The third kappa shape index (κ3) is 5.44. The highest BCUT2D eigenvalue weighted by molar-refractivity contribution is 6.33. The zero-order chi connectivity index (χ0) is 20.2. The molecule has 2 heterocycles. The van der Waals surface area contributed by atoms with E-state index in [2.05, 4.69) is 4.90 Å². The monoisotopic (exact) mass is 432 g/mol. The highest BCUT2D eigenvalue weighted by atomic mass is 35.5. The van der Waals surface area contributed by atoms with Crippen molar-refractivity contribution in [3.05, 3.63) is 69.7 Å². The van der Waals surface area contributed by atoms with Crippen LogP contribution in [0, 0.1) is 5.92 Å². The van der Waals surface area contributed by atoms with Crippen LogP contribution in [-0.4, -0.2) is 48.2 Å². The lowest BCUT2D eigenvalue weighted by molar-refractivity contribution is 0.0904. The molecule has 29 heavy (non-hydrogen) atoms.